The first kappa shape index (κ1) is 13.5. The van der Waals surface area contributed by atoms with Crippen molar-refractivity contribution >= 4 is 5.91 Å². The molecule has 0 heterocycles. The first-order chi connectivity index (χ1) is 9.67. The van der Waals surface area contributed by atoms with Crippen LogP contribution in [0.2, 0.25) is 0 Å². The van der Waals surface area contributed by atoms with E-state index in [0.29, 0.717) is 19.1 Å². The fourth-order valence-corrected chi connectivity index (χ4v) is 3.44. The molecular formula is C17H23NO2. The third-order valence-corrected chi connectivity index (χ3v) is 4.62. The lowest BCUT2D eigenvalue weighted by atomic mass is 10.0. The zero-order valence-corrected chi connectivity index (χ0v) is 12.3. The first-order valence-electron chi connectivity index (χ1n) is 7.64. The van der Waals surface area contributed by atoms with Gasteiger partial charge in [-0.1, -0.05) is 12.1 Å². The lowest BCUT2D eigenvalue weighted by molar-refractivity contribution is -0.134. The Bertz CT molecular complexity index is 472. The van der Waals surface area contributed by atoms with Gasteiger partial charge in [0.15, 0.2) is 0 Å². The van der Waals surface area contributed by atoms with E-state index in [2.05, 4.69) is 0 Å². The molecule has 2 unspecified atom stereocenters. The van der Waals surface area contributed by atoms with Crippen LogP contribution in [-0.4, -0.2) is 24.5 Å². The van der Waals surface area contributed by atoms with Gasteiger partial charge in [-0.3, -0.25) is 4.79 Å². The fraction of sp³-hybridized carbons (Fsp3) is 0.588. The highest BCUT2D eigenvalue weighted by Crippen LogP contribution is 2.54. The predicted octanol–water partition coefficient (Wildman–Crippen LogP) is 3.09. The molecule has 3 rings (SSSR count). The molecule has 2 aliphatic rings. The van der Waals surface area contributed by atoms with Gasteiger partial charge in [0.1, 0.15) is 5.75 Å². The minimum Gasteiger partial charge on any atom is -0.494 e. The number of fused-ring (bicyclic) bond motifs is 1. The second-order valence-electron chi connectivity index (χ2n) is 6.20. The normalized spacial score (nSPS) is 27.0. The Labute approximate surface area is 120 Å². The lowest BCUT2D eigenvalue weighted by Crippen LogP contribution is -2.31. The van der Waals surface area contributed by atoms with E-state index in [1.165, 1.54) is 6.42 Å². The summed E-state index contributed by atoms with van der Waals surface area (Å²) in [5, 5.41) is 0. The highest BCUT2D eigenvalue weighted by Gasteiger charge is 2.48. The Hall–Kier alpha value is -1.51. The fourth-order valence-electron chi connectivity index (χ4n) is 3.44. The van der Waals surface area contributed by atoms with Gasteiger partial charge in [0.25, 0.3) is 0 Å². The summed E-state index contributed by atoms with van der Waals surface area (Å²) in [6, 6.07) is 8.03. The van der Waals surface area contributed by atoms with Crippen LogP contribution in [0, 0.1) is 17.8 Å². The molecule has 3 nitrogen and oxygen atoms in total. The molecule has 0 spiro atoms. The van der Waals surface area contributed by atoms with E-state index in [-0.39, 0.29) is 5.92 Å². The molecule has 2 saturated carbocycles. The maximum atomic E-state index is 12.4. The molecule has 20 heavy (non-hydrogen) atoms. The van der Waals surface area contributed by atoms with E-state index in [0.717, 1.165) is 36.0 Å². The molecule has 0 radical (unpaired) electrons. The highest BCUT2D eigenvalue weighted by molar-refractivity contribution is 5.79. The van der Waals surface area contributed by atoms with Crippen LogP contribution in [0.4, 0.5) is 0 Å². The first-order valence-corrected chi connectivity index (χ1v) is 7.64. The summed E-state index contributed by atoms with van der Waals surface area (Å²) < 4.78 is 5.43. The van der Waals surface area contributed by atoms with Crippen molar-refractivity contribution in [2.75, 3.05) is 13.7 Å². The number of carbonyl (C=O) groups excluding carboxylic acids is 1. The Morgan fingerprint density at radius 2 is 1.85 bits per heavy atom. The number of rotatable bonds is 5. The average Bonchev–Trinajstić information content (AvgIpc) is 3.07. The van der Waals surface area contributed by atoms with Crippen molar-refractivity contribution in [3.05, 3.63) is 29.8 Å². The van der Waals surface area contributed by atoms with Crippen molar-refractivity contribution in [1.82, 2.24) is 4.90 Å². The minimum absolute atomic E-state index is 0.284. The summed E-state index contributed by atoms with van der Waals surface area (Å²) in [4.78, 5) is 14.3. The molecule has 0 saturated heterocycles. The number of nitrogens with zero attached hydrogens (tertiary/aromatic N) is 1. The number of carbonyl (C=O) groups is 1. The molecule has 0 aliphatic heterocycles. The third-order valence-electron chi connectivity index (χ3n) is 4.62. The minimum atomic E-state index is 0.284. The van der Waals surface area contributed by atoms with Crippen molar-refractivity contribution in [1.29, 1.82) is 0 Å². The second kappa shape index (κ2) is 5.47. The maximum absolute atomic E-state index is 12.4. The summed E-state index contributed by atoms with van der Waals surface area (Å²) in [7, 11) is 1.92. The lowest BCUT2D eigenvalue weighted by Gasteiger charge is -2.22. The van der Waals surface area contributed by atoms with Crippen LogP contribution in [0.3, 0.4) is 0 Å². The smallest absolute Gasteiger partial charge is 0.225 e. The molecule has 0 bridgehead atoms. The van der Waals surface area contributed by atoms with Gasteiger partial charge < -0.3 is 9.64 Å². The van der Waals surface area contributed by atoms with Crippen LogP contribution in [-0.2, 0) is 11.3 Å². The molecular weight excluding hydrogens is 250 g/mol. The Kier molecular flexibility index (Phi) is 3.68. The van der Waals surface area contributed by atoms with Gasteiger partial charge in [0.2, 0.25) is 5.91 Å². The highest BCUT2D eigenvalue weighted by atomic mass is 16.5. The second-order valence-corrected chi connectivity index (χ2v) is 6.20. The van der Waals surface area contributed by atoms with Gasteiger partial charge in [0.05, 0.1) is 6.61 Å². The Balaban J connectivity index is 1.54. The van der Waals surface area contributed by atoms with Gasteiger partial charge in [-0.25, -0.2) is 0 Å². The summed E-state index contributed by atoms with van der Waals surface area (Å²) >= 11 is 0. The molecule has 3 heteroatoms. The predicted molar refractivity (Wildman–Crippen MR) is 78.4 cm³/mol. The monoisotopic (exact) mass is 273 g/mol. The quantitative estimate of drug-likeness (QED) is 0.825. The summed E-state index contributed by atoms with van der Waals surface area (Å²) in [6.45, 7) is 3.35. The van der Waals surface area contributed by atoms with Crippen molar-refractivity contribution in [2.24, 2.45) is 17.8 Å². The van der Waals surface area contributed by atoms with E-state index in [1.807, 2.05) is 43.1 Å². The Morgan fingerprint density at radius 1 is 1.20 bits per heavy atom. The topological polar surface area (TPSA) is 29.5 Å². The van der Waals surface area contributed by atoms with Crippen molar-refractivity contribution in [3.8, 4) is 5.75 Å². The number of hydrogen-bond donors (Lipinski definition) is 0. The van der Waals surface area contributed by atoms with E-state index in [9.17, 15) is 4.79 Å². The van der Waals surface area contributed by atoms with Gasteiger partial charge >= 0.3 is 0 Å². The van der Waals surface area contributed by atoms with Crippen molar-refractivity contribution < 1.29 is 9.53 Å². The largest absolute Gasteiger partial charge is 0.494 e. The van der Waals surface area contributed by atoms with Crippen LogP contribution in [0.1, 0.15) is 31.7 Å². The molecule has 1 aromatic carbocycles. The number of benzene rings is 1. The molecule has 1 amide bonds. The van der Waals surface area contributed by atoms with Gasteiger partial charge in [-0.2, -0.15) is 0 Å². The standard InChI is InChI=1S/C17H23NO2/c1-3-20-16-6-4-12(5-7-16)11-18(2)17(19)15-9-13-8-14(13)10-15/h4-7,13-15H,3,8-11H2,1-2H3. The summed E-state index contributed by atoms with van der Waals surface area (Å²) in [5.41, 5.74) is 1.16. The van der Waals surface area contributed by atoms with Crippen molar-refractivity contribution in [3.63, 3.8) is 0 Å². The van der Waals surface area contributed by atoms with E-state index >= 15 is 0 Å². The molecule has 2 aliphatic carbocycles. The number of amides is 1. The molecule has 2 atom stereocenters. The van der Waals surface area contributed by atoms with Gasteiger partial charge in [0, 0.05) is 19.5 Å². The number of ether oxygens (including phenoxy) is 1. The van der Waals surface area contributed by atoms with Crippen LogP contribution in [0.15, 0.2) is 24.3 Å². The van der Waals surface area contributed by atoms with E-state index in [1.54, 1.807) is 0 Å². The molecule has 1 aromatic rings. The van der Waals surface area contributed by atoms with Crippen LogP contribution in [0.5, 0.6) is 5.75 Å². The Morgan fingerprint density at radius 3 is 2.45 bits per heavy atom. The zero-order chi connectivity index (χ0) is 14.1. The zero-order valence-electron chi connectivity index (χ0n) is 12.3. The van der Waals surface area contributed by atoms with Crippen LogP contribution >= 0.6 is 0 Å². The number of hydrogen-bond acceptors (Lipinski definition) is 2. The van der Waals surface area contributed by atoms with Crippen LogP contribution in [0.25, 0.3) is 0 Å². The van der Waals surface area contributed by atoms with Crippen LogP contribution < -0.4 is 4.74 Å². The maximum Gasteiger partial charge on any atom is 0.225 e. The molecule has 0 N–H and O–H groups in total. The van der Waals surface area contributed by atoms with E-state index in [4.69, 9.17) is 4.74 Å². The summed E-state index contributed by atoms with van der Waals surface area (Å²) in [5.74, 6) is 3.23. The summed E-state index contributed by atoms with van der Waals surface area (Å²) in [6.07, 6.45) is 3.61. The third kappa shape index (κ3) is 2.82. The molecule has 0 aromatic heterocycles. The van der Waals surface area contributed by atoms with Crippen molar-refractivity contribution in [2.45, 2.75) is 32.7 Å². The SMILES string of the molecule is CCOc1ccc(CN(C)C(=O)C2CC3CC3C2)cc1. The van der Waals surface area contributed by atoms with E-state index < -0.39 is 0 Å². The average molecular weight is 273 g/mol. The van der Waals surface area contributed by atoms with Gasteiger partial charge in [-0.05, 0) is 55.7 Å². The molecule has 108 valence electrons. The molecule has 2 fully saturated rings. The van der Waals surface area contributed by atoms with Gasteiger partial charge in [-0.15, -0.1) is 0 Å².